The van der Waals surface area contributed by atoms with Crippen molar-refractivity contribution in [3.05, 3.63) is 23.5 Å². The molecule has 1 heterocycles. The van der Waals surface area contributed by atoms with Gasteiger partial charge in [0.15, 0.2) is 0 Å². The topological polar surface area (TPSA) is 28.2 Å². The van der Waals surface area contributed by atoms with Crippen LogP contribution >= 0.6 is 0 Å². The molecular formula is C16H29N3. The molecule has 0 saturated heterocycles. The number of hydrogen-bond acceptors (Lipinski definition) is 3. The maximum absolute atomic E-state index is 4.45. The van der Waals surface area contributed by atoms with Crippen molar-refractivity contribution in [2.45, 2.75) is 60.0 Å². The summed E-state index contributed by atoms with van der Waals surface area (Å²) in [7, 11) is 0. The molecule has 1 N–H and O–H groups in total. The predicted octanol–water partition coefficient (Wildman–Crippen LogP) is 3.51. The van der Waals surface area contributed by atoms with Crippen LogP contribution in [0.5, 0.6) is 0 Å². The highest BCUT2D eigenvalue weighted by atomic mass is 15.1. The van der Waals surface area contributed by atoms with Crippen LogP contribution in [-0.4, -0.2) is 24.1 Å². The molecule has 1 aromatic rings. The zero-order chi connectivity index (χ0) is 14.3. The quantitative estimate of drug-likeness (QED) is 0.778. The first kappa shape index (κ1) is 16.0. The third kappa shape index (κ3) is 5.19. The molecule has 0 aliphatic rings. The molecule has 0 amide bonds. The molecule has 0 aromatic carbocycles. The van der Waals surface area contributed by atoms with Crippen molar-refractivity contribution in [2.24, 2.45) is 0 Å². The van der Waals surface area contributed by atoms with Gasteiger partial charge in [-0.25, -0.2) is 0 Å². The molecule has 3 heteroatoms. The molecule has 0 saturated carbocycles. The first-order valence-electron chi connectivity index (χ1n) is 7.52. The molecular weight excluding hydrogens is 234 g/mol. The summed E-state index contributed by atoms with van der Waals surface area (Å²) in [5, 5.41) is 3.49. The van der Waals surface area contributed by atoms with Crippen molar-refractivity contribution in [1.82, 2.24) is 10.3 Å². The first-order chi connectivity index (χ1) is 9.08. The second kappa shape index (κ2) is 8.16. The highest BCUT2D eigenvalue weighted by molar-refractivity contribution is 5.53. The van der Waals surface area contributed by atoms with E-state index in [4.69, 9.17) is 0 Å². The van der Waals surface area contributed by atoms with E-state index in [-0.39, 0.29) is 0 Å². The predicted molar refractivity (Wildman–Crippen MR) is 83.7 cm³/mol. The molecule has 1 aromatic heterocycles. The number of aryl methyl sites for hydroxylation is 1. The van der Waals surface area contributed by atoms with E-state index in [0.29, 0.717) is 6.04 Å². The van der Waals surface area contributed by atoms with E-state index in [1.165, 1.54) is 24.1 Å². The lowest BCUT2D eigenvalue weighted by Crippen LogP contribution is -2.28. The van der Waals surface area contributed by atoms with Crippen LogP contribution in [0.1, 0.15) is 51.8 Å². The van der Waals surface area contributed by atoms with Gasteiger partial charge < -0.3 is 10.2 Å². The summed E-state index contributed by atoms with van der Waals surface area (Å²) in [5.41, 5.74) is 3.74. The lowest BCUT2D eigenvalue weighted by molar-refractivity contribution is 0.586. The molecule has 0 unspecified atom stereocenters. The van der Waals surface area contributed by atoms with Gasteiger partial charge in [-0.1, -0.05) is 27.2 Å². The Bertz CT molecular complexity index is 374. The van der Waals surface area contributed by atoms with Gasteiger partial charge in [0, 0.05) is 48.8 Å². The molecule has 1 rings (SSSR count). The number of hydrogen-bond donors (Lipinski definition) is 1. The Morgan fingerprint density at radius 3 is 2.63 bits per heavy atom. The number of nitrogens with one attached hydrogen (secondary N) is 1. The smallest absolute Gasteiger partial charge is 0.0445 e. The Balaban J connectivity index is 2.90. The lowest BCUT2D eigenvalue weighted by atomic mass is 10.1. The summed E-state index contributed by atoms with van der Waals surface area (Å²) in [6.07, 6.45) is 4.50. The normalized spacial score (nSPS) is 11.1. The summed E-state index contributed by atoms with van der Waals surface area (Å²) in [6.45, 7) is 14.0. The van der Waals surface area contributed by atoms with Gasteiger partial charge in [0.1, 0.15) is 0 Å². The van der Waals surface area contributed by atoms with Crippen LogP contribution in [0, 0.1) is 6.92 Å². The monoisotopic (exact) mass is 263 g/mol. The molecule has 0 aliphatic carbocycles. The van der Waals surface area contributed by atoms with E-state index in [1.54, 1.807) is 0 Å². The fraction of sp³-hybridized carbons (Fsp3) is 0.688. The van der Waals surface area contributed by atoms with Crippen molar-refractivity contribution in [3.63, 3.8) is 0 Å². The van der Waals surface area contributed by atoms with E-state index in [2.05, 4.69) is 55.9 Å². The maximum Gasteiger partial charge on any atom is 0.0445 e. The van der Waals surface area contributed by atoms with Gasteiger partial charge in [0.25, 0.3) is 0 Å². The van der Waals surface area contributed by atoms with Crippen LogP contribution in [0.3, 0.4) is 0 Å². The zero-order valence-electron chi connectivity index (χ0n) is 13.2. The Labute approximate surface area is 118 Å². The number of rotatable bonds is 8. The number of unbranched alkanes of at least 4 members (excludes halogenated alkanes) is 1. The number of anilines is 1. The SMILES string of the molecule is CCCCN(CC)c1cc(C)ncc1CNC(C)C. The van der Waals surface area contributed by atoms with E-state index >= 15 is 0 Å². The van der Waals surface area contributed by atoms with Crippen molar-refractivity contribution in [3.8, 4) is 0 Å². The molecule has 0 bridgehead atoms. The van der Waals surface area contributed by atoms with Gasteiger partial charge in [0.05, 0.1) is 0 Å². The highest BCUT2D eigenvalue weighted by Crippen LogP contribution is 2.21. The van der Waals surface area contributed by atoms with Crippen molar-refractivity contribution >= 4 is 5.69 Å². The first-order valence-corrected chi connectivity index (χ1v) is 7.52. The fourth-order valence-corrected chi connectivity index (χ4v) is 2.12. The van der Waals surface area contributed by atoms with Crippen LogP contribution < -0.4 is 10.2 Å². The average molecular weight is 263 g/mol. The summed E-state index contributed by atoms with van der Waals surface area (Å²) in [6, 6.07) is 2.72. The molecule has 19 heavy (non-hydrogen) atoms. The van der Waals surface area contributed by atoms with Crippen LogP contribution in [-0.2, 0) is 6.54 Å². The minimum Gasteiger partial charge on any atom is -0.371 e. The molecule has 0 spiro atoms. The lowest BCUT2D eigenvalue weighted by Gasteiger charge is -2.26. The highest BCUT2D eigenvalue weighted by Gasteiger charge is 2.10. The minimum absolute atomic E-state index is 0.500. The fourth-order valence-electron chi connectivity index (χ4n) is 2.12. The Kier molecular flexibility index (Phi) is 6.85. The average Bonchev–Trinajstić information content (AvgIpc) is 2.38. The second-order valence-corrected chi connectivity index (χ2v) is 5.42. The Morgan fingerprint density at radius 2 is 2.05 bits per heavy atom. The van der Waals surface area contributed by atoms with Crippen LogP contribution in [0.25, 0.3) is 0 Å². The standard InChI is InChI=1S/C16H29N3/c1-6-8-9-19(7-2)16-10-14(5)18-12-15(16)11-17-13(3)4/h10,12-13,17H,6-9,11H2,1-5H3. The van der Waals surface area contributed by atoms with E-state index in [0.717, 1.165) is 25.3 Å². The Hall–Kier alpha value is -1.09. The van der Waals surface area contributed by atoms with Crippen LogP contribution in [0.15, 0.2) is 12.3 Å². The third-order valence-corrected chi connectivity index (χ3v) is 3.30. The van der Waals surface area contributed by atoms with Crippen molar-refractivity contribution in [2.75, 3.05) is 18.0 Å². The van der Waals surface area contributed by atoms with Gasteiger partial charge in [-0.05, 0) is 26.3 Å². The summed E-state index contributed by atoms with van der Waals surface area (Å²) in [4.78, 5) is 6.92. The second-order valence-electron chi connectivity index (χ2n) is 5.42. The zero-order valence-corrected chi connectivity index (χ0v) is 13.2. The van der Waals surface area contributed by atoms with Gasteiger partial charge in [-0.15, -0.1) is 0 Å². The van der Waals surface area contributed by atoms with Crippen molar-refractivity contribution in [1.29, 1.82) is 0 Å². The maximum atomic E-state index is 4.45. The minimum atomic E-state index is 0.500. The number of aromatic nitrogens is 1. The van der Waals surface area contributed by atoms with E-state index in [1.807, 2.05) is 6.20 Å². The summed E-state index contributed by atoms with van der Waals surface area (Å²) in [5.74, 6) is 0. The van der Waals surface area contributed by atoms with E-state index < -0.39 is 0 Å². The Morgan fingerprint density at radius 1 is 1.32 bits per heavy atom. The number of pyridine rings is 1. The molecule has 0 fully saturated rings. The molecule has 108 valence electrons. The molecule has 3 nitrogen and oxygen atoms in total. The largest absolute Gasteiger partial charge is 0.371 e. The third-order valence-electron chi connectivity index (χ3n) is 3.30. The van der Waals surface area contributed by atoms with Crippen LogP contribution in [0.2, 0.25) is 0 Å². The van der Waals surface area contributed by atoms with E-state index in [9.17, 15) is 0 Å². The van der Waals surface area contributed by atoms with Gasteiger partial charge in [-0.3, -0.25) is 4.98 Å². The van der Waals surface area contributed by atoms with Gasteiger partial charge >= 0.3 is 0 Å². The molecule has 0 atom stereocenters. The van der Waals surface area contributed by atoms with Gasteiger partial charge in [0.2, 0.25) is 0 Å². The van der Waals surface area contributed by atoms with Crippen molar-refractivity contribution < 1.29 is 0 Å². The summed E-state index contributed by atoms with van der Waals surface area (Å²) < 4.78 is 0. The van der Waals surface area contributed by atoms with Gasteiger partial charge in [-0.2, -0.15) is 0 Å². The molecule has 0 aliphatic heterocycles. The summed E-state index contributed by atoms with van der Waals surface area (Å²) >= 11 is 0. The number of nitrogens with zero attached hydrogens (tertiary/aromatic N) is 2. The van der Waals surface area contributed by atoms with Crippen LogP contribution in [0.4, 0.5) is 5.69 Å². The molecule has 0 radical (unpaired) electrons.